The molecule has 0 saturated carbocycles. The minimum Gasteiger partial charge on any atom is -0.464 e. The zero-order valence-corrected chi connectivity index (χ0v) is 11.9. The summed E-state index contributed by atoms with van der Waals surface area (Å²) < 4.78 is 6.14. The first kappa shape index (κ1) is 14.6. The number of aryl methyl sites for hydroxylation is 1. The molecular weight excluding hydrogens is 276 g/mol. The maximum absolute atomic E-state index is 11.4. The zero-order chi connectivity index (χ0) is 15.6. The molecule has 0 aliphatic heterocycles. The first-order chi connectivity index (χ1) is 9.93. The average molecular weight is 290 g/mol. The van der Waals surface area contributed by atoms with E-state index in [9.17, 15) is 14.9 Å². The third kappa shape index (κ3) is 2.88. The SMILES string of the molecule is COC(=O)c1cc(Cn2nc(C)c([N+](=O)[O-])c2C)ccn1. The van der Waals surface area contributed by atoms with Crippen molar-refractivity contribution in [3.05, 3.63) is 51.1 Å². The summed E-state index contributed by atoms with van der Waals surface area (Å²) >= 11 is 0. The van der Waals surface area contributed by atoms with Gasteiger partial charge in [-0.2, -0.15) is 5.10 Å². The van der Waals surface area contributed by atoms with Gasteiger partial charge in [0.2, 0.25) is 0 Å². The molecule has 0 atom stereocenters. The minimum atomic E-state index is -0.531. The summed E-state index contributed by atoms with van der Waals surface area (Å²) in [4.78, 5) is 25.9. The van der Waals surface area contributed by atoms with Crippen molar-refractivity contribution in [1.29, 1.82) is 0 Å². The van der Waals surface area contributed by atoms with Crippen molar-refractivity contribution >= 4 is 11.7 Å². The van der Waals surface area contributed by atoms with Crippen LogP contribution in [0, 0.1) is 24.0 Å². The Morgan fingerprint density at radius 3 is 2.76 bits per heavy atom. The van der Waals surface area contributed by atoms with Gasteiger partial charge in [0.25, 0.3) is 0 Å². The van der Waals surface area contributed by atoms with Crippen LogP contribution in [0.2, 0.25) is 0 Å². The molecule has 2 heterocycles. The number of nitrogens with zero attached hydrogens (tertiary/aromatic N) is 4. The Morgan fingerprint density at radius 1 is 1.48 bits per heavy atom. The summed E-state index contributed by atoms with van der Waals surface area (Å²) in [5, 5.41) is 15.1. The Balaban J connectivity index is 2.33. The standard InChI is InChI=1S/C13H14N4O4/c1-8-12(17(19)20)9(2)16(15-8)7-10-4-5-14-11(6-10)13(18)21-3/h4-6H,7H2,1-3H3. The average Bonchev–Trinajstić information content (AvgIpc) is 2.72. The van der Waals surface area contributed by atoms with Crippen molar-refractivity contribution in [2.75, 3.05) is 7.11 Å². The van der Waals surface area contributed by atoms with Gasteiger partial charge in [0.05, 0.1) is 18.6 Å². The number of aromatic nitrogens is 3. The minimum absolute atomic E-state index is 0.0113. The van der Waals surface area contributed by atoms with Gasteiger partial charge in [0, 0.05) is 6.20 Å². The Labute approximate surface area is 120 Å². The second kappa shape index (κ2) is 5.70. The second-order valence-corrected chi connectivity index (χ2v) is 4.48. The highest BCUT2D eigenvalue weighted by Gasteiger charge is 2.21. The molecule has 0 radical (unpaired) electrons. The van der Waals surface area contributed by atoms with Gasteiger partial charge in [-0.05, 0) is 31.5 Å². The van der Waals surface area contributed by atoms with Gasteiger partial charge in [-0.1, -0.05) is 0 Å². The lowest BCUT2D eigenvalue weighted by molar-refractivity contribution is -0.386. The highest BCUT2D eigenvalue weighted by Crippen LogP contribution is 2.22. The number of methoxy groups -OCH3 is 1. The van der Waals surface area contributed by atoms with E-state index in [0.717, 1.165) is 5.56 Å². The fourth-order valence-corrected chi connectivity index (χ4v) is 2.07. The van der Waals surface area contributed by atoms with Crippen LogP contribution in [0.15, 0.2) is 18.3 Å². The third-order valence-corrected chi connectivity index (χ3v) is 3.08. The van der Waals surface area contributed by atoms with E-state index >= 15 is 0 Å². The van der Waals surface area contributed by atoms with Crippen molar-refractivity contribution in [3.63, 3.8) is 0 Å². The van der Waals surface area contributed by atoms with Crippen LogP contribution in [0.4, 0.5) is 5.69 Å². The number of nitro groups is 1. The third-order valence-electron chi connectivity index (χ3n) is 3.08. The number of rotatable bonds is 4. The highest BCUT2D eigenvalue weighted by molar-refractivity contribution is 5.87. The van der Waals surface area contributed by atoms with E-state index in [2.05, 4.69) is 14.8 Å². The maximum Gasteiger partial charge on any atom is 0.356 e. The Bertz CT molecular complexity index is 708. The number of pyridine rings is 1. The molecule has 110 valence electrons. The van der Waals surface area contributed by atoms with E-state index < -0.39 is 10.9 Å². The first-order valence-corrected chi connectivity index (χ1v) is 6.15. The van der Waals surface area contributed by atoms with Crippen LogP contribution in [0.25, 0.3) is 0 Å². The Hall–Kier alpha value is -2.77. The Morgan fingerprint density at radius 2 is 2.19 bits per heavy atom. The molecule has 0 fully saturated rings. The Kier molecular flexibility index (Phi) is 3.97. The number of hydrogen-bond acceptors (Lipinski definition) is 6. The monoisotopic (exact) mass is 290 g/mol. The predicted molar refractivity (Wildman–Crippen MR) is 73.0 cm³/mol. The van der Waals surface area contributed by atoms with E-state index in [1.165, 1.54) is 18.0 Å². The molecule has 0 bridgehead atoms. The molecule has 21 heavy (non-hydrogen) atoms. The zero-order valence-electron chi connectivity index (χ0n) is 11.9. The number of esters is 1. The van der Waals surface area contributed by atoms with Crippen LogP contribution in [0.1, 0.15) is 27.4 Å². The van der Waals surface area contributed by atoms with Crippen LogP contribution >= 0.6 is 0 Å². The second-order valence-electron chi connectivity index (χ2n) is 4.48. The van der Waals surface area contributed by atoms with E-state index in [-0.39, 0.29) is 11.4 Å². The summed E-state index contributed by atoms with van der Waals surface area (Å²) in [6.45, 7) is 3.54. The van der Waals surface area contributed by atoms with E-state index in [1.54, 1.807) is 26.0 Å². The normalized spacial score (nSPS) is 10.4. The largest absolute Gasteiger partial charge is 0.464 e. The van der Waals surface area contributed by atoms with Gasteiger partial charge in [0.15, 0.2) is 0 Å². The van der Waals surface area contributed by atoms with Gasteiger partial charge in [0.1, 0.15) is 17.1 Å². The lowest BCUT2D eigenvalue weighted by atomic mass is 10.2. The predicted octanol–water partition coefficient (Wildman–Crippen LogP) is 1.64. The highest BCUT2D eigenvalue weighted by atomic mass is 16.6. The van der Waals surface area contributed by atoms with Crippen molar-refractivity contribution < 1.29 is 14.5 Å². The summed E-state index contributed by atoms with van der Waals surface area (Å²) in [6, 6.07) is 3.29. The molecule has 0 aliphatic rings. The lowest BCUT2D eigenvalue weighted by Gasteiger charge is -2.05. The van der Waals surface area contributed by atoms with Crippen LogP contribution in [0.3, 0.4) is 0 Å². The lowest BCUT2D eigenvalue weighted by Crippen LogP contribution is -2.08. The molecule has 2 aromatic heterocycles. The van der Waals surface area contributed by atoms with Crippen LogP contribution in [-0.2, 0) is 11.3 Å². The van der Waals surface area contributed by atoms with Crippen LogP contribution in [0.5, 0.6) is 0 Å². The summed E-state index contributed by atoms with van der Waals surface area (Å²) in [5.41, 5.74) is 1.78. The van der Waals surface area contributed by atoms with Gasteiger partial charge in [-0.3, -0.25) is 14.8 Å². The van der Waals surface area contributed by atoms with E-state index in [4.69, 9.17) is 0 Å². The molecule has 0 aliphatic carbocycles. The molecule has 0 aromatic carbocycles. The smallest absolute Gasteiger partial charge is 0.356 e. The summed E-state index contributed by atoms with van der Waals surface area (Å²) in [7, 11) is 1.28. The quantitative estimate of drug-likeness (QED) is 0.482. The number of carbonyl (C=O) groups is 1. The van der Waals surface area contributed by atoms with Crippen LogP contribution < -0.4 is 0 Å². The fraction of sp³-hybridized carbons (Fsp3) is 0.308. The van der Waals surface area contributed by atoms with Gasteiger partial charge in [-0.25, -0.2) is 9.78 Å². The first-order valence-electron chi connectivity index (χ1n) is 6.15. The number of carbonyl (C=O) groups excluding carboxylic acids is 1. The summed E-state index contributed by atoms with van der Waals surface area (Å²) in [6.07, 6.45) is 1.49. The topological polar surface area (TPSA) is 100 Å². The number of ether oxygens (including phenoxy) is 1. The van der Waals surface area contributed by atoms with Crippen molar-refractivity contribution in [3.8, 4) is 0 Å². The van der Waals surface area contributed by atoms with Crippen molar-refractivity contribution in [2.45, 2.75) is 20.4 Å². The van der Waals surface area contributed by atoms with Crippen molar-refractivity contribution in [1.82, 2.24) is 14.8 Å². The van der Waals surface area contributed by atoms with E-state index in [0.29, 0.717) is 17.9 Å². The summed E-state index contributed by atoms with van der Waals surface area (Å²) in [5.74, 6) is -0.531. The molecule has 8 heteroatoms. The molecular formula is C13H14N4O4. The molecule has 0 N–H and O–H groups in total. The molecule has 0 spiro atoms. The molecule has 2 rings (SSSR count). The van der Waals surface area contributed by atoms with Gasteiger partial charge >= 0.3 is 11.7 Å². The number of hydrogen-bond donors (Lipinski definition) is 0. The molecule has 2 aromatic rings. The molecule has 0 unspecified atom stereocenters. The van der Waals surface area contributed by atoms with Crippen LogP contribution in [-0.4, -0.2) is 32.8 Å². The fourth-order valence-electron chi connectivity index (χ4n) is 2.07. The van der Waals surface area contributed by atoms with Gasteiger partial charge in [-0.15, -0.1) is 0 Å². The molecule has 0 amide bonds. The van der Waals surface area contributed by atoms with Crippen molar-refractivity contribution in [2.24, 2.45) is 0 Å². The maximum atomic E-state index is 11.4. The molecule has 8 nitrogen and oxygen atoms in total. The van der Waals surface area contributed by atoms with E-state index in [1.807, 2.05) is 0 Å². The van der Waals surface area contributed by atoms with Gasteiger partial charge < -0.3 is 4.74 Å². The molecule has 0 saturated heterocycles.